The van der Waals surface area contributed by atoms with Gasteiger partial charge in [0.05, 0.1) is 44.0 Å². The van der Waals surface area contributed by atoms with Gasteiger partial charge in [0, 0.05) is 17.5 Å². The smallest absolute Gasteiger partial charge is 0.346 e. The average Bonchev–Trinajstić information content (AvgIpc) is 3.27. The summed E-state index contributed by atoms with van der Waals surface area (Å²) in [5.41, 5.74) is 3.50. The van der Waals surface area contributed by atoms with Crippen LogP contribution >= 0.6 is 15.2 Å². The zero-order valence-corrected chi connectivity index (χ0v) is 23.8. The predicted octanol–water partition coefficient (Wildman–Crippen LogP) is 6.95. The molecule has 0 aliphatic rings. The lowest BCUT2D eigenvalue weighted by Crippen LogP contribution is -2.20. The van der Waals surface area contributed by atoms with Crippen LogP contribution in [0, 0.1) is 6.92 Å². The number of phenolic OH excluding ortho intramolecular Hbond substituents is 1. The van der Waals surface area contributed by atoms with Crippen LogP contribution in [0.5, 0.6) is 5.75 Å². The highest BCUT2D eigenvalue weighted by Crippen LogP contribution is 2.71. The molecular formula is C26H36N2O7P2. The second-order valence-corrected chi connectivity index (χ2v) is 13.1. The average molecular weight is 551 g/mol. The minimum Gasteiger partial charge on any atom is -0.507 e. The van der Waals surface area contributed by atoms with Crippen molar-refractivity contribution in [2.75, 3.05) is 26.4 Å². The summed E-state index contributed by atoms with van der Waals surface area (Å²) < 4.78 is 52.4. The number of hydrogen-bond donors (Lipinski definition) is 1. The first-order valence-electron chi connectivity index (χ1n) is 12.4. The summed E-state index contributed by atoms with van der Waals surface area (Å²) in [5.74, 6) is 0.0461. The van der Waals surface area contributed by atoms with Gasteiger partial charge < -0.3 is 23.2 Å². The molecule has 0 unspecified atom stereocenters. The maximum atomic E-state index is 14.1. The summed E-state index contributed by atoms with van der Waals surface area (Å²) >= 11 is 0. The van der Waals surface area contributed by atoms with Gasteiger partial charge in [-0.1, -0.05) is 29.8 Å². The Morgan fingerprint density at radius 1 is 0.838 bits per heavy atom. The molecule has 1 heterocycles. The summed E-state index contributed by atoms with van der Waals surface area (Å²) in [5, 5.41) is 14.1. The first-order chi connectivity index (χ1) is 17.7. The van der Waals surface area contributed by atoms with E-state index in [0.717, 1.165) is 11.3 Å². The van der Waals surface area contributed by atoms with Crippen molar-refractivity contribution in [2.24, 2.45) is 0 Å². The van der Waals surface area contributed by atoms with Gasteiger partial charge >= 0.3 is 15.2 Å². The van der Waals surface area contributed by atoms with Crippen LogP contribution in [0.15, 0.2) is 54.7 Å². The molecule has 37 heavy (non-hydrogen) atoms. The van der Waals surface area contributed by atoms with Crippen molar-refractivity contribution in [3.63, 3.8) is 0 Å². The molecule has 0 saturated heterocycles. The van der Waals surface area contributed by atoms with Gasteiger partial charge in [-0.15, -0.1) is 0 Å². The Kier molecular flexibility index (Phi) is 10.3. The van der Waals surface area contributed by atoms with E-state index in [0.29, 0.717) is 16.8 Å². The van der Waals surface area contributed by atoms with Gasteiger partial charge in [-0.3, -0.25) is 9.13 Å². The fraction of sp³-hybridized carbons (Fsp3) is 0.423. The van der Waals surface area contributed by atoms with E-state index in [9.17, 15) is 14.2 Å². The van der Waals surface area contributed by atoms with Crippen LogP contribution in [-0.4, -0.2) is 46.7 Å². The molecule has 0 aliphatic carbocycles. The van der Waals surface area contributed by atoms with Crippen LogP contribution in [0.3, 0.4) is 0 Å². The third kappa shape index (κ3) is 6.61. The minimum absolute atomic E-state index is 0.0461. The van der Waals surface area contributed by atoms with E-state index in [1.165, 1.54) is 0 Å². The molecule has 202 valence electrons. The van der Waals surface area contributed by atoms with Crippen LogP contribution in [0.1, 0.15) is 38.8 Å². The summed E-state index contributed by atoms with van der Waals surface area (Å²) in [6, 6.07) is 14.7. The molecule has 0 fully saturated rings. The number of para-hydroxylation sites is 1. The number of benzene rings is 2. The zero-order chi connectivity index (χ0) is 27.1. The molecule has 1 aromatic heterocycles. The van der Waals surface area contributed by atoms with Crippen LogP contribution in [0.2, 0.25) is 0 Å². The molecule has 3 rings (SSSR count). The molecule has 0 bridgehead atoms. The van der Waals surface area contributed by atoms with Crippen molar-refractivity contribution in [3.05, 3.63) is 65.9 Å². The van der Waals surface area contributed by atoms with Crippen LogP contribution in [0.4, 0.5) is 0 Å². The summed E-state index contributed by atoms with van der Waals surface area (Å²) in [6.07, 6.45) is 1.56. The fourth-order valence-corrected chi connectivity index (χ4v) is 9.41. The van der Waals surface area contributed by atoms with Gasteiger partial charge in [-0.25, -0.2) is 4.68 Å². The third-order valence-corrected chi connectivity index (χ3v) is 11.6. The molecule has 0 radical (unpaired) electrons. The van der Waals surface area contributed by atoms with E-state index >= 15 is 0 Å². The van der Waals surface area contributed by atoms with Crippen LogP contribution in [-0.2, 0) is 33.6 Å². The Labute approximate surface area is 218 Å². The molecule has 0 atom stereocenters. The first-order valence-corrected chi connectivity index (χ1v) is 15.6. The van der Waals surface area contributed by atoms with E-state index in [1.54, 1.807) is 62.8 Å². The lowest BCUT2D eigenvalue weighted by atomic mass is 10.0. The standard InChI is InChI=1S/C26H36N2O7P2/c1-6-32-36(30,33-7-2)25(37(31,34-8-3)35-9-4)18-21-19-27-28(22-16-14-20(5)15-17-22)26(21)23-12-10-11-13-24(23)29/h10-17,19,25,29H,6-9,18H2,1-5H3. The molecule has 0 spiro atoms. The SMILES string of the molecule is CCOP(=O)(OCC)C(Cc1cnn(-c2ccc(C)cc2)c1-c1ccccc1O)P(=O)(OCC)OCC. The molecular weight excluding hydrogens is 514 g/mol. The Balaban J connectivity index is 2.25. The lowest BCUT2D eigenvalue weighted by molar-refractivity contribution is 0.195. The highest BCUT2D eigenvalue weighted by molar-refractivity contribution is 7.72. The summed E-state index contributed by atoms with van der Waals surface area (Å²) in [4.78, 5) is 0. The number of rotatable bonds is 14. The predicted molar refractivity (Wildman–Crippen MR) is 145 cm³/mol. The zero-order valence-electron chi connectivity index (χ0n) is 22.0. The maximum Gasteiger partial charge on any atom is 0.346 e. The van der Waals surface area contributed by atoms with Gasteiger partial charge in [0.15, 0.2) is 5.40 Å². The van der Waals surface area contributed by atoms with E-state index in [2.05, 4.69) is 5.10 Å². The number of nitrogens with zero attached hydrogens (tertiary/aromatic N) is 2. The van der Waals surface area contributed by atoms with E-state index in [-0.39, 0.29) is 38.6 Å². The van der Waals surface area contributed by atoms with Crippen molar-refractivity contribution in [3.8, 4) is 22.7 Å². The maximum absolute atomic E-state index is 14.1. The van der Waals surface area contributed by atoms with Gasteiger partial charge in [-0.2, -0.15) is 5.10 Å². The van der Waals surface area contributed by atoms with Crippen molar-refractivity contribution < 1.29 is 32.3 Å². The fourth-order valence-electron chi connectivity index (χ4n) is 4.11. The lowest BCUT2D eigenvalue weighted by Gasteiger charge is -2.31. The number of aromatic nitrogens is 2. The normalized spacial score (nSPS) is 12.4. The minimum atomic E-state index is -3.98. The van der Waals surface area contributed by atoms with Gasteiger partial charge in [0.1, 0.15) is 5.75 Å². The van der Waals surface area contributed by atoms with Crippen LogP contribution in [0.25, 0.3) is 16.9 Å². The number of aryl methyl sites for hydroxylation is 1. The Hall–Kier alpha value is -2.25. The molecule has 9 nitrogen and oxygen atoms in total. The van der Waals surface area contributed by atoms with Gasteiger partial charge in [-0.05, 0) is 58.9 Å². The van der Waals surface area contributed by atoms with Crippen molar-refractivity contribution in [1.82, 2.24) is 9.78 Å². The third-order valence-electron chi connectivity index (χ3n) is 5.65. The number of hydrogen-bond acceptors (Lipinski definition) is 8. The van der Waals surface area contributed by atoms with Gasteiger partial charge in [0.2, 0.25) is 0 Å². The Bertz CT molecular complexity index is 1210. The Morgan fingerprint density at radius 2 is 1.35 bits per heavy atom. The largest absolute Gasteiger partial charge is 0.507 e. The quantitative estimate of drug-likeness (QED) is 0.215. The van der Waals surface area contributed by atoms with Crippen molar-refractivity contribution >= 4 is 15.2 Å². The highest BCUT2D eigenvalue weighted by atomic mass is 31.2. The molecule has 1 N–H and O–H groups in total. The second-order valence-electron chi connectivity index (χ2n) is 8.22. The Morgan fingerprint density at radius 3 is 1.84 bits per heavy atom. The molecule has 11 heteroatoms. The van der Waals surface area contributed by atoms with Crippen molar-refractivity contribution in [1.29, 1.82) is 0 Å². The highest BCUT2D eigenvalue weighted by Gasteiger charge is 2.51. The molecule has 0 saturated carbocycles. The van der Waals surface area contributed by atoms with Crippen molar-refractivity contribution in [2.45, 2.75) is 46.4 Å². The first kappa shape index (κ1) is 29.3. The summed E-state index contributed by atoms with van der Waals surface area (Å²) in [7, 11) is -7.96. The second kappa shape index (κ2) is 13.0. The molecule has 3 aromatic rings. The van der Waals surface area contributed by atoms with E-state index < -0.39 is 20.6 Å². The monoisotopic (exact) mass is 550 g/mol. The topological polar surface area (TPSA) is 109 Å². The molecule has 2 aromatic carbocycles. The van der Waals surface area contributed by atoms with Crippen LogP contribution < -0.4 is 0 Å². The van der Waals surface area contributed by atoms with E-state index in [4.69, 9.17) is 18.1 Å². The molecule has 0 amide bonds. The number of phenols is 1. The summed E-state index contributed by atoms with van der Waals surface area (Å²) in [6.45, 7) is 9.10. The van der Waals surface area contributed by atoms with E-state index in [1.807, 2.05) is 31.2 Å². The molecule has 0 aliphatic heterocycles. The number of aromatic hydroxyl groups is 1. The van der Waals surface area contributed by atoms with Gasteiger partial charge in [0.25, 0.3) is 0 Å².